The fourth-order valence-corrected chi connectivity index (χ4v) is 1.67. The van der Waals surface area contributed by atoms with Crippen LogP contribution in [0.2, 0.25) is 0 Å². The molecule has 1 unspecified atom stereocenters. The number of rotatable bonds is 4. The first-order chi connectivity index (χ1) is 9.17. The molecule has 20 heavy (non-hydrogen) atoms. The van der Waals surface area contributed by atoms with Gasteiger partial charge in [-0.05, 0) is 38.5 Å². The Bertz CT molecular complexity index is 479. The summed E-state index contributed by atoms with van der Waals surface area (Å²) < 4.78 is 5.10. The number of amides is 1. The van der Waals surface area contributed by atoms with E-state index in [0.29, 0.717) is 0 Å². The smallest absolute Gasteiger partial charge is 0.408 e. The zero-order chi connectivity index (χ0) is 15.3. The summed E-state index contributed by atoms with van der Waals surface area (Å²) >= 11 is 3.77. The third-order valence-corrected chi connectivity index (χ3v) is 2.68. The lowest BCUT2D eigenvalue weighted by molar-refractivity contribution is -0.112. The molecule has 0 fully saturated rings. The highest BCUT2D eigenvalue weighted by Crippen LogP contribution is 2.13. The highest BCUT2D eigenvalue weighted by molar-refractivity contribution is 7.96. The molecular weight excluding hydrogens is 278 g/mol. The first-order valence-corrected chi connectivity index (χ1v) is 6.62. The molecular formula is C14H19NO4S. The molecule has 6 heteroatoms. The van der Waals surface area contributed by atoms with Gasteiger partial charge in [0.05, 0.1) is 0 Å². The van der Waals surface area contributed by atoms with Crippen LogP contribution in [0, 0.1) is 0 Å². The molecule has 0 spiro atoms. The van der Waals surface area contributed by atoms with E-state index in [0.717, 1.165) is 5.56 Å². The van der Waals surface area contributed by atoms with Gasteiger partial charge in [-0.25, -0.2) is 4.79 Å². The minimum absolute atomic E-state index is 0.141. The lowest BCUT2D eigenvalue weighted by Gasteiger charge is -2.22. The quantitative estimate of drug-likeness (QED) is 0.745. The van der Waals surface area contributed by atoms with Crippen molar-refractivity contribution in [2.24, 2.45) is 0 Å². The Morgan fingerprint density at radius 3 is 2.30 bits per heavy atom. The van der Waals surface area contributed by atoms with E-state index in [4.69, 9.17) is 4.74 Å². The van der Waals surface area contributed by atoms with Crippen molar-refractivity contribution < 1.29 is 19.4 Å². The summed E-state index contributed by atoms with van der Waals surface area (Å²) in [5, 5.41) is 11.2. The Labute approximate surface area is 123 Å². The summed E-state index contributed by atoms with van der Waals surface area (Å²) in [6, 6.07) is 5.61. The van der Waals surface area contributed by atoms with E-state index in [2.05, 4.69) is 17.9 Å². The highest BCUT2D eigenvalue weighted by atomic mass is 32.1. The van der Waals surface area contributed by atoms with Crippen molar-refractivity contribution in [3.05, 3.63) is 29.8 Å². The average molecular weight is 297 g/mol. The van der Waals surface area contributed by atoms with Crippen LogP contribution in [0.4, 0.5) is 4.79 Å². The van der Waals surface area contributed by atoms with Gasteiger partial charge in [-0.2, -0.15) is 0 Å². The lowest BCUT2D eigenvalue weighted by atomic mass is 10.1. The third-order valence-electron chi connectivity index (χ3n) is 2.37. The first-order valence-electron chi connectivity index (χ1n) is 6.17. The van der Waals surface area contributed by atoms with Crippen LogP contribution >= 0.6 is 12.6 Å². The fraction of sp³-hybridized carbons (Fsp3) is 0.429. The largest absolute Gasteiger partial charge is 0.508 e. The maximum absolute atomic E-state index is 11.7. The van der Waals surface area contributed by atoms with Crippen LogP contribution in [0.3, 0.4) is 0 Å². The van der Waals surface area contributed by atoms with Crippen LogP contribution in [0.25, 0.3) is 0 Å². The lowest BCUT2D eigenvalue weighted by Crippen LogP contribution is -2.43. The van der Waals surface area contributed by atoms with Crippen molar-refractivity contribution >= 4 is 23.8 Å². The van der Waals surface area contributed by atoms with E-state index in [1.165, 1.54) is 12.1 Å². The second-order valence-corrected chi connectivity index (χ2v) is 5.85. The molecule has 1 aromatic rings. The van der Waals surface area contributed by atoms with Crippen molar-refractivity contribution in [2.75, 3.05) is 0 Å². The molecule has 5 nitrogen and oxygen atoms in total. The topological polar surface area (TPSA) is 75.6 Å². The van der Waals surface area contributed by atoms with Gasteiger partial charge in [0.1, 0.15) is 17.4 Å². The molecule has 0 bridgehead atoms. The average Bonchev–Trinajstić information content (AvgIpc) is 2.28. The maximum atomic E-state index is 11.7. The van der Waals surface area contributed by atoms with E-state index in [9.17, 15) is 14.7 Å². The number of carbonyl (C=O) groups excluding carboxylic acids is 2. The normalized spacial score (nSPS) is 12.6. The van der Waals surface area contributed by atoms with E-state index in [-0.39, 0.29) is 12.2 Å². The van der Waals surface area contributed by atoms with Crippen molar-refractivity contribution in [1.29, 1.82) is 0 Å². The number of hydrogen-bond acceptors (Lipinski definition) is 4. The monoisotopic (exact) mass is 297 g/mol. The molecule has 0 saturated heterocycles. The van der Waals surface area contributed by atoms with E-state index >= 15 is 0 Å². The van der Waals surface area contributed by atoms with Gasteiger partial charge >= 0.3 is 6.09 Å². The summed E-state index contributed by atoms with van der Waals surface area (Å²) in [4.78, 5) is 23.1. The summed E-state index contributed by atoms with van der Waals surface area (Å²) in [5.41, 5.74) is 0.165. The van der Waals surface area contributed by atoms with E-state index in [1.54, 1.807) is 32.9 Å². The Morgan fingerprint density at radius 2 is 1.85 bits per heavy atom. The van der Waals surface area contributed by atoms with Crippen molar-refractivity contribution in [1.82, 2.24) is 5.32 Å². The number of hydrogen-bond donors (Lipinski definition) is 3. The first kappa shape index (κ1) is 16.4. The number of aromatic hydroxyl groups is 1. The summed E-state index contributed by atoms with van der Waals surface area (Å²) in [7, 11) is 0. The van der Waals surface area contributed by atoms with Gasteiger partial charge in [-0.3, -0.25) is 4.79 Å². The summed E-state index contributed by atoms with van der Waals surface area (Å²) in [5.74, 6) is 0.141. The maximum Gasteiger partial charge on any atom is 0.408 e. The van der Waals surface area contributed by atoms with Crippen LogP contribution < -0.4 is 5.32 Å². The van der Waals surface area contributed by atoms with Crippen LogP contribution in [0.15, 0.2) is 24.3 Å². The van der Waals surface area contributed by atoms with Crippen molar-refractivity contribution in [2.45, 2.75) is 38.8 Å². The SMILES string of the molecule is CC(C)(C)OC(=O)NC(Cc1ccc(O)cc1)C(=O)S. The third kappa shape index (κ3) is 5.97. The van der Waals surface area contributed by atoms with Crippen LogP contribution in [-0.2, 0) is 16.0 Å². The predicted molar refractivity (Wildman–Crippen MR) is 79.0 cm³/mol. The molecule has 0 aliphatic heterocycles. The molecule has 0 aliphatic carbocycles. The molecule has 1 atom stereocenters. The predicted octanol–water partition coefficient (Wildman–Crippen LogP) is 2.28. The number of thiol groups is 1. The number of benzene rings is 1. The van der Waals surface area contributed by atoms with Crippen molar-refractivity contribution in [3.8, 4) is 5.75 Å². The van der Waals surface area contributed by atoms with Gasteiger partial charge in [-0.1, -0.05) is 12.1 Å². The molecule has 1 amide bonds. The van der Waals surface area contributed by atoms with Gasteiger partial charge in [-0.15, -0.1) is 12.6 Å². The summed E-state index contributed by atoms with van der Waals surface area (Å²) in [6.07, 6.45) is -0.384. The Kier molecular flexibility index (Phi) is 5.44. The molecule has 0 aliphatic rings. The van der Waals surface area contributed by atoms with Gasteiger partial charge in [0, 0.05) is 6.42 Å². The zero-order valence-electron chi connectivity index (χ0n) is 11.7. The number of nitrogens with one attached hydrogen (secondary N) is 1. The van der Waals surface area contributed by atoms with Gasteiger partial charge in [0.25, 0.3) is 0 Å². The van der Waals surface area contributed by atoms with Gasteiger partial charge in [0.15, 0.2) is 0 Å². The number of phenols is 1. The Morgan fingerprint density at radius 1 is 1.30 bits per heavy atom. The number of ether oxygens (including phenoxy) is 1. The molecule has 110 valence electrons. The molecule has 1 aromatic carbocycles. The molecule has 0 radical (unpaired) electrons. The van der Waals surface area contributed by atoms with E-state index in [1.807, 2.05) is 0 Å². The van der Waals surface area contributed by atoms with E-state index < -0.39 is 22.9 Å². The minimum atomic E-state index is -0.780. The van der Waals surface area contributed by atoms with Gasteiger partial charge in [0.2, 0.25) is 5.12 Å². The number of phenolic OH excluding ortho intramolecular Hbond substituents is 1. The molecule has 0 saturated carbocycles. The standard InChI is InChI=1S/C14H19NO4S/c1-14(2,3)19-13(18)15-11(12(17)20)8-9-4-6-10(16)7-5-9/h4-7,11,16H,8H2,1-3H3,(H,15,18)(H,17,20). The fourth-order valence-electron chi connectivity index (χ4n) is 1.52. The highest BCUT2D eigenvalue weighted by Gasteiger charge is 2.22. The van der Waals surface area contributed by atoms with Gasteiger partial charge < -0.3 is 15.2 Å². The van der Waals surface area contributed by atoms with Crippen LogP contribution in [0.5, 0.6) is 5.75 Å². The van der Waals surface area contributed by atoms with Crippen molar-refractivity contribution in [3.63, 3.8) is 0 Å². The minimum Gasteiger partial charge on any atom is -0.508 e. The summed E-state index contributed by atoms with van der Waals surface area (Å²) in [6.45, 7) is 5.22. The molecule has 2 N–H and O–H groups in total. The zero-order valence-corrected chi connectivity index (χ0v) is 12.6. The second kappa shape index (κ2) is 6.65. The van der Waals surface area contributed by atoms with Crippen LogP contribution in [0.1, 0.15) is 26.3 Å². The van der Waals surface area contributed by atoms with Crippen LogP contribution in [-0.4, -0.2) is 28.0 Å². The molecule has 0 heterocycles. The second-order valence-electron chi connectivity index (χ2n) is 5.41. The number of alkyl carbamates (subject to hydrolysis) is 1. The Hall–Kier alpha value is -1.69. The number of carbonyl (C=O) groups is 2. The Balaban J connectivity index is 2.68. The molecule has 0 aromatic heterocycles. The molecule has 1 rings (SSSR count).